The van der Waals surface area contributed by atoms with Gasteiger partial charge in [0.05, 0.1) is 4.47 Å². The molecule has 0 spiro atoms. The first-order valence-corrected chi connectivity index (χ1v) is 7.73. The molecular weight excluding hydrogens is 335 g/mol. The van der Waals surface area contributed by atoms with Crippen LogP contribution < -0.4 is 10.1 Å². The largest absolute Gasteiger partial charge is 0.438 e. The lowest BCUT2D eigenvalue weighted by Gasteiger charge is -2.10. The molecule has 0 bridgehead atoms. The third-order valence-corrected chi connectivity index (χ3v) is 3.89. The second kappa shape index (κ2) is 6.12. The van der Waals surface area contributed by atoms with Crippen molar-refractivity contribution in [3.63, 3.8) is 0 Å². The first-order valence-electron chi connectivity index (χ1n) is 6.94. The van der Waals surface area contributed by atoms with Crippen LogP contribution in [0.5, 0.6) is 11.6 Å². The highest BCUT2D eigenvalue weighted by Crippen LogP contribution is 2.30. The molecule has 1 aliphatic rings. The Morgan fingerprint density at radius 2 is 2.14 bits per heavy atom. The zero-order valence-electron chi connectivity index (χ0n) is 11.7. The molecule has 0 amide bonds. The Morgan fingerprint density at radius 3 is 2.86 bits per heavy atom. The fourth-order valence-electron chi connectivity index (χ4n) is 2.08. The van der Waals surface area contributed by atoms with E-state index in [0.717, 1.165) is 17.8 Å². The molecule has 2 aromatic rings. The zero-order valence-corrected chi connectivity index (χ0v) is 13.3. The number of rotatable bonds is 5. The quantitative estimate of drug-likeness (QED) is 0.870. The molecule has 1 aromatic carbocycles. The topological polar surface area (TPSA) is 34.1 Å². The van der Waals surface area contributed by atoms with Gasteiger partial charge in [-0.1, -0.05) is 0 Å². The molecule has 0 unspecified atom stereocenters. The first kappa shape index (κ1) is 14.5. The second-order valence-corrected chi connectivity index (χ2v) is 6.14. The predicted molar refractivity (Wildman–Crippen MR) is 83.0 cm³/mol. The van der Waals surface area contributed by atoms with Crippen molar-refractivity contribution in [1.82, 2.24) is 10.3 Å². The van der Waals surface area contributed by atoms with Gasteiger partial charge in [-0.15, -0.1) is 0 Å². The molecule has 1 heterocycles. The highest BCUT2D eigenvalue weighted by Gasteiger charge is 2.20. The van der Waals surface area contributed by atoms with Gasteiger partial charge in [-0.2, -0.15) is 0 Å². The van der Waals surface area contributed by atoms with E-state index in [1.807, 2.05) is 19.1 Å². The number of hydrogen-bond donors (Lipinski definition) is 1. The van der Waals surface area contributed by atoms with Crippen molar-refractivity contribution in [3.05, 3.63) is 51.9 Å². The highest BCUT2D eigenvalue weighted by molar-refractivity contribution is 9.10. The highest BCUT2D eigenvalue weighted by atomic mass is 79.9. The Morgan fingerprint density at radius 1 is 1.33 bits per heavy atom. The summed E-state index contributed by atoms with van der Waals surface area (Å²) in [6.07, 6.45) is 2.52. The van der Waals surface area contributed by atoms with E-state index < -0.39 is 0 Å². The van der Waals surface area contributed by atoms with Gasteiger partial charge < -0.3 is 10.1 Å². The number of aromatic nitrogens is 1. The summed E-state index contributed by atoms with van der Waals surface area (Å²) < 4.78 is 19.4. The molecule has 3 nitrogen and oxygen atoms in total. The maximum Gasteiger partial charge on any atom is 0.219 e. The zero-order chi connectivity index (χ0) is 14.8. The summed E-state index contributed by atoms with van der Waals surface area (Å²) in [7, 11) is 0. The fraction of sp³-hybridized carbons (Fsp3) is 0.312. The summed E-state index contributed by atoms with van der Waals surface area (Å²) in [5, 5.41) is 3.47. The Labute approximate surface area is 131 Å². The number of pyridine rings is 1. The van der Waals surface area contributed by atoms with Crippen LogP contribution in [0.15, 0.2) is 34.8 Å². The smallest absolute Gasteiger partial charge is 0.219 e. The monoisotopic (exact) mass is 350 g/mol. The number of aryl methyl sites for hydroxylation is 1. The normalized spacial score (nSPS) is 14.2. The molecule has 3 rings (SSSR count). The van der Waals surface area contributed by atoms with E-state index in [1.54, 1.807) is 6.07 Å². The van der Waals surface area contributed by atoms with Crippen LogP contribution in [0.3, 0.4) is 0 Å². The lowest BCUT2D eigenvalue weighted by atomic mass is 10.2. The summed E-state index contributed by atoms with van der Waals surface area (Å²) >= 11 is 3.29. The van der Waals surface area contributed by atoms with E-state index in [0.29, 0.717) is 22.1 Å². The molecule has 0 radical (unpaired) electrons. The van der Waals surface area contributed by atoms with Crippen molar-refractivity contribution in [1.29, 1.82) is 0 Å². The van der Waals surface area contributed by atoms with Crippen LogP contribution in [0, 0.1) is 12.7 Å². The minimum atomic E-state index is -0.305. The van der Waals surface area contributed by atoms with Crippen molar-refractivity contribution in [2.45, 2.75) is 32.4 Å². The van der Waals surface area contributed by atoms with Crippen molar-refractivity contribution in [2.24, 2.45) is 0 Å². The van der Waals surface area contributed by atoms with E-state index in [1.165, 1.54) is 25.0 Å². The Bertz CT molecular complexity index is 659. The molecule has 1 fully saturated rings. The van der Waals surface area contributed by atoms with Crippen LogP contribution in [-0.2, 0) is 6.54 Å². The summed E-state index contributed by atoms with van der Waals surface area (Å²) in [4.78, 5) is 4.37. The minimum Gasteiger partial charge on any atom is -0.438 e. The average molecular weight is 351 g/mol. The molecule has 1 aromatic heterocycles. The lowest BCUT2D eigenvalue weighted by Crippen LogP contribution is -2.15. The molecule has 110 valence electrons. The van der Waals surface area contributed by atoms with Crippen molar-refractivity contribution < 1.29 is 9.13 Å². The number of hydrogen-bond acceptors (Lipinski definition) is 3. The lowest BCUT2D eigenvalue weighted by molar-refractivity contribution is 0.455. The number of nitrogens with one attached hydrogen (secondary N) is 1. The molecule has 0 aliphatic heterocycles. The molecule has 0 atom stereocenters. The Hall–Kier alpha value is -1.46. The van der Waals surface area contributed by atoms with E-state index in [-0.39, 0.29) is 5.82 Å². The van der Waals surface area contributed by atoms with Crippen LogP contribution in [-0.4, -0.2) is 11.0 Å². The maximum atomic E-state index is 13.1. The average Bonchev–Trinajstić information content (AvgIpc) is 3.23. The first-order chi connectivity index (χ1) is 10.1. The van der Waals surface area contributed by atoms with Gasteiger partial charge in [-0.05, 0) is 65.5 Å². The van der Waals surface area contributed by atoms with Gasteiger partial charge in [0.15, 0.2) is 0 Å². The Balaban J connectivity index is 1.77. The Kier molecular flexibility index (Phi) is 4.22. The molecule has 21 heavy (non-hydrogen) atoms. The third kappa shape index (κ3) is 4.02. The van der Waals surface area contributed by atoms with Gasteiger partial charge in [0.1, 0.15) is 11.6 Å². The second-order valence-electron chi connectivity index (χ2n) is 5.29. The molecule has 1 aliphatic carbocycles. The molecule has 1 saturated carbocycles. The molecule has 5 heteroatoms. The van der Waals surface area contributed by atoms with Crippen molar-refractivity contribution in [3.8, 4) is 11.6 Å². The standard InChI is InChI=1S/C16H16BrFN2O/c1-10-6-11(9-19-13-3-4-13)7-16(20-10)21-15-5-2-12(18)8-14(15)17/h2,5-8,13,19H,3-4,9H2,1H3. The number of ether oxygens (including phenoxy) is 1. The predicted octanol–water partition coefficient (Wildman–Crippen LogP) is 4.34. The SMILES string of the molecule is Cc1cc(CNC2CC2)cc(Oc2ccc(F)cc2Br)n1. The van der Waals surface area contributed by atoms with Gasteiger partial charge >= 0.3 is 0 Å². The fourth-order valence-corrected chi connectivity index (χ4v) is 2.51. The van der Waals surface area contributed by atoms with Crippen LogP contribution in [0.1, 0.15) is 24.1 Å². The molecule has 0 saturated heterocycles. The maximum absolute atomic E-state index is 13.1. The summed E-state index contributed by atoms with van der Waals surface area (Å²) in [5.74, 6) is 0.770. The summed E-state index contributed by atoms with van der Waals surface area (Å²) in [6, 6.07) is 8.95. The minimum absolute atomic E-state index is 0.305. The van der Waals surface area contributed by atoms with Crippen LogP contribution in [0.25, 0.3) is 0 Å². The number of nitrogens with zero attached hydrogens (tertiary/aromatic N) is 1. The van der Waals surface area contributed by atoms with Crippen molar-refractivity contribution in [2.75, 3.05) is 0 Å². The third-order valence-electron chi connectivity index (χ3n) is 3.27. The van der Waals surface area contributed by atoms with Gasteiger partial charge in [-0.3, -0.25) is 0 Å². The van der Waals surface area contributed by atoms with E-state index >= 15 is 0 Å². The van der Waals surface area contributed by atoms with E-state index in [4.69, 9.17) is 4.74 Å². The van der Waals surface area contributed by atoms with Crippen LogP contribution in [0.4, 0.5) is 4.39 Å². The van der Waals surface area contributed by atoms with Gasteiger partial charge in [0.2, 0.25) is 5.88 Å². The van der Waals surface area contributed by atoms with Gasteiger partial charge in [0, 0.05) is 24.3 Å². The molecule has 1 N–H and O–H groups in total. The van der Waals surface area contributed by atoms with E-state index in [9.17, 15) is 4.39 Å². The number of halogens is 2. The van der Waals surface area contributed by atoms with Crippen molar-refractivity contribution >= 4 is 15.9 Å². The van der Waals surface area contributed by atoms with Gasteiger partial charge in [0.25, 0.3) is 0 Å². The summed E-state index contributed by atoms with van der Waals surface area (Å²) in [6.45, 7) is 2.75. The van der Waals surface area contributed by atoms with E-state index in [2.05, 4.69) is 26.2 Å². The number of benzene rings is 1. The summed E-state index contributed by atoms with van der Waals surface area (Å²) in [5.41, 5.74) is 2.04. The van der Waals surface area contributed by atoms with Gasteiger partial charge in [-0.25, -0.2) is 9.37 Å². The van der Waals surface area contributed by atoms with Crippen LogP contribution in [0.2, 0.25) is 0 Å². The molecular formula is C16H16BrFN2O. The van der Waals surface area contributed by atoms with Crippen LogP contribution >= 0.6 is 15.9 Å².